The van der Waals surface area contributed by atoms with E-state index in [2.05, 4.69) is 15.2 Å². The maximum absolute atomic E-state index is 11.4. The van der Waals surface area contributed by atoms with Crippen LogP contribution in [0.4, 0.5) is 16.4 Å². The monoisotopic (exact) mass is 396 g/mol. The molecule has 2 aromatic heterocycles. The summed E-state index contributed by atoms with van der Waals surface area (Å²) < 4.78 is 0. The van der Waals surface area contributed by atoms with Crippen molar-refractivity contribution in [3.63, 3.8) is 0 Å². The summed E-state index contributed by atoms with van der Waals surface area (Å²) in [7, 11) is 0. The number of aromatic nitrogens is 3. The first-order valence-corrected chi connectivity index (χ1v) is 10.5. The summed E-state index contributed by atoms with van der Waals surface area (Å²) in [5, 5.41) is 12.9. The number of rotatable bonds is 4. The van der Waals surface area contributed by atoms with Gasteiger partial charge >= 0.3 is 6.09 Å². The Hall–Kier alpha value is -2.90. The third kappa shape index (κ3) is 4.75. The van der Waals surface area contributed by atoms with Crippen LogP contribution in [0.3, 0.4) is 0 Å². The highest BCUT2D eigenvalue weighted by atomic mass is 16.4. The van der Waals surface area contributed by atoms with E-state index in [1.54, 1.807) is 12.4 Å². The molecular formula is C21H28N6O2. The molecule has 2 aliphatic heterocycles. The van der Waals surface area contributed by atoms with Crippen LogP contribution in [-0.4, -0.2) is 63.3 Å². The molecule has 2 N–H and O–H groups in total. The Morgan fingerprint density at radius 3 is 2.55 bits per heavy atom. The van der Waals surface area contributed by atoms with Crippen molar-refractivity contribution < 1.29 is 9.90 Å². The largest absolute Gasteiger partial charge is 0.465 e. The minimum absolute atomic E-state index is 0.0348. The first kappa shape index (κ1) is 19.4. The number of nitrogens with one attached hydrogen (secondary N) is 1. The van der Waals surface area contributed by atoms with Crippen LogP contribution in [0.15, 0.2) is 30.7 Å². The molecule has 0 spiro atoms. The summed E-state index contributed by atoms with van der Waals surface area (Å²) in [6.07, 6.45) is 11.0. The van der Waals surface area contributed by atoms with Crippen LogP contribution in [0, 0.1) is 0 Å². The van der Waals surface area contributed by atoms with Gasteiger partial charge < -0.3 is 20.2 Å². The molecule has 2 saturated heterocycles. The van der Waals surface area contributed by atoms with Gasteiger partial charge in [0, 0.05) is 50.2 Å². The van der Waals surface area contributed by atoms with Crippen LogP contribution < -0.4 is 10.2 Å². The average molecular weight is 396 g/mol. The van der Waals surface area contributed by atoms with E-state index < -0.39 is 6.09 Å². The number of hydrogen-bond acceptors (Lipinski definition) is 6. The molecule has 2 fully saturated rings. The van der Waals surface area contributed by atoms with Crippen LogP contribution >= 0.6 is 0 Å². The second kappa shape index (κ2) is 9.07. The predicted octanol–water partition coefficient (Wildman–Crippen LogP) is 3.47. The number of carbonyl (C=O) groups is 1. The molecule has 0 aliphatic carbocycles. The van der Waals surface area contributed by atoms with Crippen molar-refractivity contribution in [2.75, 3.05) is 36.4 Å². The Morgan fingerprint density at radius 2 is 1.83 bits per heavy atom. The van der Waals surface area contributed by atoms with Gasteiger partial charge in [0.15, 0.2) is 11.6 Å². The smallest absolute Gasteiger partial charge is 0.407 e. The highest BCUT2D eigenvalue weighted by Gasteiger charge is 2.25. The summed E-state index contributed by atoms with van der Waals surface area (Å²) in [5.41, 5.74) is 1.76. The van der Waals surface area contributed by atoms with E-state index in [1.807, 2.05) is 18.3 Å². The summed E-state index contributed by atoms with van der Waals surface area (Å²) in [5.74, 6) is 1.62. The SMILES string of the molecule is O=C(O)N1CCCC(Nc2nc(-c3ccncc3)cnc2N2CCCCCC2)C1. The topological polar surface area (TPSA) is 94.5 Å². The molecule has 0 aromatic carbocycles. The lowest BCUT2D eigenvalue weighted by Gasteiger charge is -2.32. The number of likely N-dealkylation sites (tertiary alicyclic amines) is 1. The molecule has 4 rings (SSSR count). The van der Waals surface area contributed by atoms with E-state index in [0.717, 1.165) is 61.7 Å². The van der Waals surface area contributed by atoms with Crippen molar-refractivity contribution in [1.29, 1.82) is 0 Å². The van der Waals surface area contributed by atoms with Crippen LogP contribution in [-0.2, 0) is 0 Å². The Kier molecular flexibility index (Phi) is 6.07. The molecular weight excluding hydrogens is 368 g/mol. The molecule has 154 valence electrons. The maximum Gasteiger partial charge on any atom is 0.407 e. The zero-order valence-electron chi connectivity index (χ0n) is 16.6. The van der Waals surface area contributed by atoms with Crippen LogP contribution in [0.1, 0.15) is 38.5 Å². The molecule has 2 aromatic rings. The van der Waals surface area contributed by atoms with Crippen molar-refractivity contribution >= 4 is 17.7 Å². The number of hydrogen-bond donors (Lipinski definition) is 2. The van der Waals surface area contributed by atoms with E-state index >= 15 is 0 Å². The first-order chi connectivity index (χ1) is 14.2. The van der Waals surface area contributed by atoms with Crippen molar-refractivity contribution in [3.05, 3.63) is 30.7 Å². The van der Waals surface area contributed by atoms with Gasteiger partial charge in [-0.25, -0.2) is 14.8 Å². The average Bonchev–Trinajstić information content (AvgIpc) is 3.04. The van der Waals surface area contributed by atoms with Gasteiger partial charge in [0.25, 0.3) is 0 Å². The van der Waals surface area contributed by atoms with Gasteiger partial charge in [-0.15, -0.1) is 0 Å². The lowest BCUT2D eigenvalue weighted by atomic mass is 10.1. The lowest BCUT2D eigenvalue weighted by molar-refractivity contribution is 0.133. The van der Waals surface area contributed by atoms with Gasteiger partial charge in [-0.05, 0) is 37.8 Å². The van der Waals surface area contributed by atoms with Crippen molar-refractivity contribution in [2.45, 2.75) is 44.6 Å². The van der Waals surface area contributed by atoms with E-state index in [4.69, 9.17) is 9.97 Å². The van der Waals surface area contributed by atoms with Gasteiger partial charge in [0.05, 0.1) is 11.9 Å². The van der Waals surface area contributed by atoms with Gasteiger partial charge in [0.2, 0.25) is 0 Å². The van der Waals surface area contributed by atoms with E-state index in [9.17, 15) is 9.90 Å². The van der Waals surface area contributed by atoms with E-state index in [0.29, 0.717) is 13.1 Å². The number of piperidine rings is 1. The molecule has 4 heterocycles. The Morgan fingerprint density at radius 1 is 1.07 bits per heavy atom. The number of anilines is 2. The summed E-state index contributed by atoms with van der Waals surface area (Å²) >= 11 is 0. The standard InChI is InChI=1S/C21H28N6O2/c28-21(29)27-13-5-6-17(15-27)24-19-20(26-11-3-1-2-4-12-26)23-14-18(25-19)16-7-9-22-10-8-16/h7-10,14,17H,1-6,11-13,15H2,(H,24,25)(H,28,29). The number of carboxylic acid groups (broad SMARTS) is 1. The first-order valence-electron chi connectivity index (χ1n) is 10.5. The highest BCUT2D eigenvalue weighted by Crippen LogP contribution is 2.29. The summed E-state index contributed by atoms with van der Waals surface area (Å²) in [6, 6.07) is 3.88. The predicted molar refractivity (Wildman–Crippen MR) is 112 cm³/mol. The van der Waals surface area contributed by atoms with Crippen LogP contribution in [0.5, 0.6) is 0 Å². The summed E-state index contributed by atoms with van der Waals surface area (Å²) in [6.45, 7) is 3.01. The van der Waals surface area contributed by atoms with Gasteiger partial charge in [-0.2, -0.15) is 0 Å². The fourth-order valence-corrected chi connectivity index (χ4v) is 4.12. The molecule has 1 unspecified atom stereocenters. The zero-order valence-corrected chi connectivity index (χ0v) is 16.6. The van der Waals surface area contributed by atoms with Crippen molar-refractivity contribution in [1.82, 2.24) is 19.9 Å². The minimum atomic E-state index is -0.860. The fourth-order valence-electron chi connectivity index (χ4n) is 4.12. The molecule has 2 aliphatic rings. The molecule has 0 bridgehead atoms. The summed E-state index contributed by atoms with van der Waals surface area (Å²) in [4.78, 5) is 29.0. The van der Waals surface area contributed by atoms with Gasteiger partial charge in [0.1, 0.15) is 0 Å². The van der Waals surface area contributed by atoms with Gasteiger partial charge in [-0.3, -0.25) is 4.98 Å². The molecule has 0 saturated carbocycles. The van der Waals surface area contributed by atoms with Crippen molar-refractivity contribution in [3.8, 4) is 11.3 Å². The number of pyridine rings is 1. The number of amides is 1. The Balaban J connectivity index is 1.63. The quantitative estimate of drug-likeness (QED) is 0.817. The molecule has 1 amide bonds. The zero-order chi connectivity index (χ0) is 20.1. The highest BCUT2D eigenvalue weighted by molar-refractivity contribution is 5.68. The molecule has 0 radical (unpaired) electrons. The molecule has 8 nitrogen and oxygen atoms in total. The third-order valence-corrected chi connectivity index (χ3v) is 5.67. The third-order valence-electron chi connectivity index (χ3n) is 5.67. The number of nitrogens with zero attached hydrogens (tertiary/aromatic N) is 5. The maximum atomic E-state index is 11.4. The second-order valence-electron chi connectivity index (χ2n) is 7.78. The van der Waals surface area contributed by atoms with E-state index in [-0.39, 0.29) is 6.04 Å². The minimum Gasteiger partial charge on any atom is -0.465 e. The van der Waals surface area contributed by atoms with Crippen LogP contribution in [0.2, 0.25) is 0 Å². The van der Waals surface area contributed by atoms with Crippen molar-refractivity contribution in [2.24, 2.45) is 0 Å². The second-order valence-corrected chi connectivity index (χ2v) is 7.78. The van der Waals surface area contributed by atoms with E-state index in [1.165, 1.54) is 17.7 Å². The van der Waals surface area contributed by atoms with Gasteiger partial charge in [-0.1, -0.05) is 12.8 Å². The molecule has 8 heteroatoms. The Bertz CT molecular complexity index is 823. The molecule has 1 atom stereocenters. The normalized spacial score (nSPS) is 20.2. The fraction of sp³-hybridized carbons (Fsp3) is 0.524. The lowest BCUT2D eigenvalue weighted by Crippen LogP contribution is -2.44. The Labute approximate surface area is 171 Å². The molecule has 29 heavy (non-hydrogen) atoms. The van der Waals surface area contributed by atoms with Crippen LogP contribution in [0.25, 0.3) is 11.3 Å².